The number of oxazole rings is 1. The van der Waals surface area contributed by atoms with Crippen molar-refractivity contribution in [1.82, 2.24) is 19.6 Å². The predicted molar refractivity (Wildman–Crippen MR) is 90.5 cm³/mol. The molecule has 0 atom stereocenters. The molecule has 0 unspecified atom stereocenters. The first kappa shape index (κ1) is 15.3. The van der Waals surface area contributed by atoms with Gasteiger partial charge in [-0.25, -0.2) is 18.4 Å². The number of hydrogen-bond donors (Lipinski definition) is 1. The molecule has 0 aliphatic heterocycles. The van der Waals surface area contributed by atoms with E-state index in [9.17, 15) is 8.42 Å². The van der Waals surface area contributed by atoms with Crippen LogP contribution in [0.2, 0.25) is 0 Å². The van der Waals surface area contributed by atoms with Crippen LogP contribution in [0.5, 0.6) is 0 Å². The lowest BCUT2D eigenvalue weighted by atomic mass is 10.2. The lowest BCUT2D eigenvalue weighted by molar-refractivity contribution is 0.572. The number of rotatable bonds is 4. The van der Waals surface area contributed by atoms with Gasteiger partial charge >= 0.3 is 0 Å². The molecule has 9 heteroatoms. The summed E-state index contributed by atoms with van der Waals surface area (Å²) in [6.07, 6.45) is 4.42. The molecule has 0 amide bonds. The summed E-state index contributed by atoms with van der Waals surface area (Å²) < 4.78 is 34.5. The second-order valence-corrected chi connectivity index (χ2v) is 7.06. The SMILES string of the molecule is Cc1cc2nccc(NS(=O)(=O)c3ccc(-c4cnco4)cc3)n2n1. The number of nitrogens with one attached hydrogen (secondary N) is 1. The van der Waals surface area contributed by atoms with Crippen LogP contribution in [0.15, 0.2) is 64.5 Å². The van der Waals surface area contributed by atoms with Gasteiger partial charge in [0.25, 0.3) is 10.0 Å². The van der Waals surface area contributed by atoms with Crippen molar-refractivity contribution in [3.05, 3.63) is 60.9 Å². The van der Waals surface area contributed by atoms with Crippen LogP contribution in [-0.2, 0) is 10.0 Å². The van der Waals surface area contributed by atoms with Gasteiger partial charge in [-0.3, -0.25) is 4.72 Å². The van der Waals surface area contributed by atoms with Crippen molar-refractivity contribution in [3.8, 4) is 11.3 Å². The lowest BCUT2D eigenvalue weighted by Gasteiger charge is -2.09. The molecule has 4 rings (SSSR count). The fourth-order valence-corrected chi connectivity index (χ4v) is 3.48. The van der Waals surface area contributed by atoms with E-state index in [1.807, 2.05) is 6.92 Å². The first-order valence-corrected chi connectivity index (χ1v) is 8.84. The first-order valence-electron chi connectivity index (χ1n) is 7.36. The maximum atomic E-state index is 12.6. The maximum absolute atomic E-state index is 12.6. The third-order valence-corrected chi connectivity index (χ3v) is 4.97. The Morgan fingerprint density at radius 1 is 1.16 bits per heavy atom. The van der Waals surface area contributed by atoms with Gasteiger partial charge in [0, 0.05) is 17.8 Å². The molecule has 0 spiro atoms. The number of hydrogen-bond acceptors (Lipinski definition) is 6. The summed E-state index contributed by atoms with van der Waals surface area (Å²) in [5, 5.41) is 4.25. The van der Waals surface area contributed by atoms with Crippen molar-refractivity contribution < 1.29 is 12.8 Å². The Bertz CT molecular complexity index is 1130. The molecule has 0 radical (unpaired) electrons. The van der Waals surface area contributed by atoms with E-state index in [-0.39, 0.29) is 4.90 Å². The zero-order chi connectivity index (χ0) is 17.4. The van der Waals surface area contributed by atoms with Crippen molar-refractivity contribution in [2.24, 2.45) is 0 Å². The molecule has 8 nitrogen and oxygen atoms in total. The third-order valence-electron chi connectivity index (χ3n) is 3.60. The minimum absolute atomic E-state index is 0.129. The Kier molecular flexibility index (Phi) is 3.50. The van der Waals surface area contributed by atoms with Crippen molar-refractivity contribution in [2.75, 3.05) is 4.72 Å². The highest BCUT2D eigenvalue weighted by Gasteiger charge is 2.17. The Hall–Kier alpha value is -3.20. The Labute approximate surface area is 143 Å². The van der Waals surface area contributed by atoms with Gasteiger partial charge in [-0.1, -0.05) is 0 Å². The number of anilines is 1. The molecular weight excluding hydrogens is 342 g/mol. The highest BCUT2D eigenvalue weighted by Crippen LogP contribution is 2.22. The first-order chi connectivity index (χ1) is 12.0. The lowest BCUT2D eigenvalue weighted by Crippen LogP contribution is -2.15. The molecule has 1 N–H and O–H groups in total. The van der Waals surface area contributed by atoms with Gasteiger partial charge in [0.2, 0.25) is 0 Å². The quantitative estimate of drug-likeness (QED) is 0.603. The zero-order valence-corrected chi connectivity index (χ0v) is 13.9. The molecule has 126 valence electrons. The molecule has 25 heavy (non-hydrogen) atoms. The van der Waals surface area contributed by atoms with Crippen LogP contribution in [0, 0.1) is 6.92 Å². The van der Waals surface area contributed by atoms with E-state index < -0.39 is 10.0 Å². The van der Waals surface area contributed by atoms with Crippen LogP contribution >= 0.6 is 0 Å². The average molecular weight is 355 g/mol. The van der Waals surface area contributed by atoms with Gasteiger partial charge in [0.05, 0.1) is 16.8 Å². The molecule has 0 fully saturated rings. The second-order valence-electron chi connectivity index (χ2n) is 5.38. The highest BCUT2D eigenvalue weighted by atomic mass is 32.2. The normalized spacial score (nSPS) is 11.7. The van der Waals surface area contributed by atoms with Crippen LogP contribution in [0.3, 0.4) is 0 Å². The number of sulfonamides is 1. The van der Waals surface area contributed by atoms with Gasteiger partial charge in [-0.15, -0.1) is 0 Å². The van der Waals surface area contributed by atoms with Gasteiger partial charge in [0.1, 0.15) is 5.82 Å². The summed E-state index contributed by atoms with van der Waals surface area (Å²) in [6.45, 7) is 1.81. The second kappa shape index (κ2) is 5.71. The molecule has 0 aliphatic carbocycles. The monoisotopic (exact) mass is 355 g/mol. The van der Waals surface area contributed by atoms with Gasteiger partial charge < -0.3 is 4.42 Å². The Balaban J connectivity index is 1.67. The highest BCUT2D eigenvalue weighted by molar-refractivity contribution is 7.92. The number of nitrogens with zero attached hydrogens (tertiary/aromatic N) is 4. The van der Waals surface area contributed by atoms with Crippen molar-refractivity contribution in [2.45, 2.75) is 11.8 Å². The summed E-state index contributed by atoms with van der Waals surface area (Å²) in [5.74, 6) is 0.886. The van der Waals surface area contributed by atoms with Crippen LogP contribution < -0.4 is 4.72 Å². The van der Waals surface area contributed by atoms with Crippen LogP contribution in [-0.4, -0.2) is 28.0 Å². The van der Waals surface area contributed by atoms with Crippen molar-refractivity contribution in [1.29, 1.82) is 0 Å². The molecule has 4 aromatic rings. The van der Waals surface area contributed by atoms with Gasteiger partial charge in [-0.2, -0.15) is 9.61 Å². The minimum Gasteiger partial charge on any atom is -0.444 e. The maximum Gasteiger partial charge on any atom is 0.263 e. The molecule has 0 saturated heterocycles. The van der Waals surface area contributed by atoms with E-state index in [0.717, 1.165) is 11.3 Å². The van der Waals surface area contributed by atoms with Crippen LogP contribution in [0.25, 0.3) is 17.0 Å². The molecular formula is C16H13N5O3S. The van der Waals surface area contributed by atoms with E-state index in [4.69, 9.17) is 4.42 Å². The smallest absolute Gasteiger partial charge is 0.263 e. The summed E-state index contributed by atoms with van der Waals surface area (Å²) >= 11 is 0. The van der Waals surface area contributed by atoms with E-state index in [1.54, 1.807) is 30.5 Å². The summed E-state index contributed by atoms with van der Waals surface area (Å²) in [4.78, 5) is 8.13. The topological polar surface area (TPSA) is 102 Å². The zero-order valence-electron chi connectivity index (χ0n) is 13.1. The van der Waals surface area contributed by atoms with E-state index in [2.05, 4.69) is 19.8 Å². The molecule has 0 saturated carbocycles. The number of benzene rings is 1. The molecule has 1 aromatic carbocycles. The third kappa shape index (κ3) is 2.85. The fraction of sp³-hybridized carbons (Fsp3) is 0.0625. The largest absolute Gasteiger partial charge is 0.444 e. The molecule has 0 aliphatic rings. The molecule has 0 bridgehead atoms. The fourth-order valence-electron chi connectivity index (χ4n) is 2.44. The number of aryl methyl sites for hydroxylation is 1. The summed E-state index contributed by atoms with van der Waals surface area (Å²) in [5.41, 5.74) is 2.05. The minimum atomic E-state index is -3.77. The van der Waals surface area contributed by atoms with Gasteiger partial charge in [0.15, 0.2) is 17.8 Å². The number of fused-ring (bicyclic) bond motifs is 1. The molecule has 3 heterocycles. The number of aromatic nitrogens is 4. The Morgan fingerprint density at radius 2 is 1.96 bits per heavy atom. The van der Waals surface area contributed by atoms with E-state index >= 15 is 0 Å². The average Bonchev–Trinajstić information content (AvgIpc) is 3.24. The molecule has 3 aromatic heterocycles. The van der Waals surface area contributed by atoms with Crippen molar-refractivity contribution in [3.63, 3.8) is 0 Å². The van der Waals surface area contributed by atoms with E-state index in [0.29, 0.717) is 17.2 Å². The summed E-state index contributed by atoms with van der Waals surface area (Å²) in [7, 11) is -3.77. The van der Waals surface area contributed by atoms with E-state index in [1.165, 1.54) is 29.2 Å². The standard InChI is InChI=1S/C16H13N5O3S/c1-11-8-16-18-7-6-15(21(16)19-11)20-25(22,23)13-4-2-12(3-5-13)14-9-17-10-24-14/h2-10,20H,1H3. The Morgan fingerprint density at radius 3 is 2.68 bits per heavy atom. The van der Waals surface area contributed by atoms with Gasteiger partial charge in [-0.05, 0) is 37.3 Å². The summed E-state index contributed by atoms with van der Waals surface area (Å²) in [6, 6.07) is 9.66. The van der Waals surface area contributed by atoms with Crippen molar-refractivity contribution >= 4 is 21.5 Å². The van der Waals surface area contributed by atoms with Crippen LogP contribution in [0.1, 0.15) is 5.69 Å². The van der Waals surface area contributed by atoms with Crippen LogP contribution in [0.4, 0.5) is 5.82 Å². The predicted octanol–water partition coefficient (Wildman–Crippen LogP) is 2.49.